The van der Waals surface area contributed by atoms with E-state index in [1.807, 2.05) is 0 Å². The summed E-state index contributed by atoms with van der Waals surface area (Å²) in [6.45, 7) is 4.49. The lowest BCUT2D eigenvalue weighted by Gasteiger charge is -2.19. The van der Waals surface area contributed by atoms with Crippen LogP contribution in [0.5, 0.6) is 0 Å². The maximum atomic E-state index is 12.3. The summed E-state index contributed by atoms with van der Waals surface area (Å²) in [5, 5.41) is 8.75. The Labute approximate surface area is 106 Å². The van der Waals surface area contributed by atoms with Crippen LogP contribution in [-0.4, -0.2) is 36.9 Å². The quantitative estimate of drug-likeness (QED) is 0.789. The summed E-state index contributed by atoms with van der Waals surface area (Å²) in [6, 6.07) is 6.46. The highest BCUT2D eigenvalue weighted by Gasteiger charge is 2.26. The Morgan fingerprint density at radius 3 is 2.56 bits per heavy atom. The van der Waals surface area contributed by atoms with Gasteiger partial charge in [0.05, 0.1) is 4.90 Å². The number of carboxylic acids is 1. The smallest absolute Gasteiger partial charge is 0.318 e. The molecule has 0 amide bonds. The molecule has 0 radical (unpaired) electrons. The molecule has 0 aliphatic heterocycles. The van der Waals surface area contributed by atoms with Crippen molar-refractivity contribution >= 4 is 16.0 Å². The summed E-state index contributed by atoms with van der Waals surface area (Å²) in [7, 11) is -3.81. The first-order valence-electron chi connectivity index (χ1n) is 5.28. The first kappa shape index (κ1) is 14.4. The fourth-order valence-corrected chi connectivity index (χ4v) is 3.11. The molecule has 0 heterocycles. The largest absolute Gasteiger partial charge is 0.480 e. The number of carboxylic acid groups (broad SMARTS) is 1. The molecule has 0 aliphatic carbocycles. The van der Waals surface area contributed by atoms with Gasteiger partial charge in [0, 0.05) is 6.54 Å². The minimum Gasteiger partial charge on any atom is -0.480 e. The van der Waals surface area contributed by atoms with Gasteiger partial charge < -0.3 is 5.11 Å². The van der Waals surface area contributed by atoms with E-state index >= 15 is 0 Å². The van der Waals surface area contributed by atoms with Gasteiger partial charge in [-0.3, -0.25) is 4.79 Å². The van der Waals surface area contributed by atoms with Crippen LogP contribution in [-0.2, 0) is 14.8 Å². The molecule has 5 nitrogen and oxygen atoms in total. The number of aliphatic carboxylic acids is 1. The molecule has 0 bridgehead atoms. The van der Waals surface area contributed by atoms with Crippen molar-refractivity contribution in [1.82, 2.24) is 4.31 Å². The zero-order chi connectivity index (χ0) is 13.8. The van der Waals surface area contributed by atoms with Gasteiger partial charge in [-0.05, 0) is 18.6 Å². The van der Waals surface area contributed by atoms with E-state index in [-0.39, 0.29) is 11.4 Å². The number of rotatable bonds is 6. The second kappa shape index (κ2) is 5.79. The number of aryl methyl sites for hydroxylation is 1. The Hall–Kier alpha value is -1.66. The zero-order valence-corrected chi connectivity index (χ0v) is 10.9. The van der Waals surface area contributed by atoms with Gasteiger partial charge in [-0.25, -0.2) is 8.42 Å². The van der Waals surface area contributed by atoms with Gasteiger partial charge >= 0.3 is 5.97 Å². The fourth-order valence-electron chi connectivity index (χ4n) is 1.53. The summed E-state index contributed by atoms with van der Waals surface area (Å²) in [4.78, 5) is 10.8. The van der Waals surface area contributed by atoms with Crippen LogP contribution < -0.4 is 0 Å². The maximum Gasteiger partial charge on any atom is 0.318 e. The van der Waals surface area contributed by atoms with Gasteiger partial charge in [-0.1, -0.05) is 24.3 Å². The Morgan fingerprint density at radius 1 is 1.44 bits per heavy atom. The molecule has 0 spiro atoms. The summed E-state index contributed by atoms with van der Waals surface area (Å²) in [5.41, 5.74) is 0.581. The van der Waals surface area contributed by atoms with Crippen molar-refractivity contribution in [1.29, 1.82) is 0 Å². The second-order valence-corrected chi connectivity index (χ2v) is 5.65. The van der Waals surface area contributed by atoms with Crippen LogP contribution in [0.2, 0.25) is 0 Å². The molecular formula is C12H15NO4S. The molecule has 1 aromatic rings. The first-order chi connectivity index (χ1) is 8.39. The lowest BCUT2D eigenvalue weighted by Crippen LogP contribution is -2.36. The Bertz CT molecular complexity index is 551. The van der Waals surface area contributed by atoms with E-state index < -0.39 is 22.5 Å². The molecule has 1 rings (SSSR count). The van der Waals surface area contributed by atoms with Crippen LogP contribution in [0.4, 0.5) is 0 Å². The van der Waals surface area contributed by atoms with Crippen LogP contribution in [0.25, 0.3) is 0 Å². The molecule has 0 saturated heterocycles. The van der Waals surface area contributed by atoms with Crippen molar-refractivity contribution in [3.63, 3.8) is 0 Å². The number of benzene rings is 1. The summed E-state index contributed by atoms with van der Waals surface area (Å²) in [6.07, 6.45) is 1.36. The van der Waals surface area contributed by atoms with Crippen molar-refractivity contribution in [3.8, 4) is 0 Å². The Balaban J connectivity index is 3.21. The van der Waals surface area contributed by atoms with Crippen LogP contribution in [0.1, 0.15) is 5.56 Å². The second-order valence-electron chi connectivity index (χ2n) is 3.75. The molecule has 98 valence electrons. The van der Waals surface area contributed by atoms with Gasteiger partial charge in [-0.2, -0.15) is 4.31 Å². The van der Waals surface area contributed by atoms with Crippen molar-refractivity contribution in [2.75, 3.05) is 13.1 Å². The molecule has 1 N–H and O–H groups in total. The van der Waals surface area contributed by atoms with E-state index in [1.54, 1.807) is 25.1 Å². The average Bonchev–Trinajstić information content (AvgIpc) is 2.28. The summed E-state index contributed by atoms with van der Waals surface area (Å²) < 4.78 is 25.5. The summed E-state index contributed by atoms with van der Waals surface area (Å²) >= 11 is 0. The van der Waals surface area contributed by atoms with Crippen molar-refractivity contribution < 1.29 is 18.3 Å². The third-order valence-electron chi connectivity index (χ3n) is 2.36. The molecule has 0 unspecified atom stereocenters. The normalized spacial score (nSPS) is 11.4. The van der Waals surface area contributed by atoms with Crippen molar-refractivity contribution in [2.24, 2.45) is 0 Å². The lowest BCUT2D eigenvalue weighted by molar-refractivity contribution is -0.137. The first-order valence-corrected chi connectivity index (χ1v) is 6.72. The van der Waals surface area contributed by atoms with Crippen molar-refractivity contribution in [2.45, 2.75) is 11.8 Å². The van der Waals surface area contributed by atoms with E-state index in [4.69, 9.17) is 5.11 Å². The molecule has 0 aliphatic rings. The van der Waals surface area contributed by atoms with E-state index in [0.717, 1.165) is 4.31 Å². The highest BCUT2D eigenvalue weighted by Crippen LogP contribution is 2.19. The third kappa shape index (κ3) is 3.18. The third-order valence-corrected chi connectivity index (χ3v) is 4.33. The standard InChI is InChI=1S/C12H15NO4S/c1-3-8-13(9-12(14)15)18(16,17)11-7-5-4-6-10(11)2/h3-7H,1,8-9H2,2H3,(H,14,15). The predicted octanol–water partition coefficient (Wildman–Crippen LogP) is 1.26. The zero-order valence-electron chi connectivity index (χ0n) is 10.0. The van der Waals surface area contributed by atoms with Gasteiger partial charge in [-0.15, -0.1) is 6.58 Å². The van der Waals surface area contributed by atoms with Crippen molar-refractivity contribution in [3.05, 3.63) is 42.5 Å². The van der Waals surface area contributed by atoms with Gasteiger partial charge in [0.1, 0.15) is 6.54 Å². The Kier molecular flexibility index (Phi) is 4.63. The topological polar surface area (TPSA) is 74.7 Å². The Morgan fingerprint density at radius 2 is 2.06 bits per heavy atom. The van der Waals surface area contributed by atoms with Crippen LogP contribution in [0.15, 0.2) is 41.8 Å². The minimum atomic E-state index is -3.81. The molecule has 0 aromatic heterocycles. The number of carbonyl (C=O) groups is 1. The number of nitrogens with zero attached hydrogens (tertiary/aromatic N) is 1. The number of sulfonamides is 1. The molecule has 0 saturated carbocycles. The molecular weight excluding hydrogens is 254 g/mol. The van der Waals surface area contributed by atoms with E-state index in [9.17, 15) is 13.2 Å². The van der Waals surface area contributed by atoms with Gasteiger partial charge in [0.15, 0.2) is 0 Å². The lowest BCUT2D eigenvalue weighted by atomic mass is 10.2. The molecule has 0 atom stereocenters. The highest BCUT2D eigenvalue weighted by molar-refractivity contribution is 7.89. The molecule has 0 fully saturated rings. The van der Waals surface area contributed by atoms with E-state index in [0.29, 0.717) is 5.56 Å². The summed E-state index contributed by atoms with van der Waals surface area (Å²) in [5.74, 6) is -1.20. The number of hydrogen-bond donors (Lipinski definition) is 1. The minimum absolute atomic E-state index is 0.0387. The SMILES string of the molecule is C=CCN(CC(=O)O)S(=O)(=O)c1ccccc1C. The van der Waals surface area contributed by atoms with E-state index in [1.165, 1.54) is 12.1 Å². The monoisotopic (exact) mass is 269 g/mol. The number of hydrogen-bond acceptors (Lipinski definition) is 3. The molecule has 1 aromatic carbocycles. The fraction of sp³-hybridized carbons (Fsp3) is 0.250. The van der Waals surface area contributed by atoms with Gasteiger partial charge in [0.2, 0.25) is 10.0 Å². The van der Waals surface area contributed by atoms with Gasteiger partial charge in [0.25, 0.3) is 0 Å². The van der Waals surface area contributed by atoms with E-state index in [2.05, 4.69) is 6.58 Å². The molecule has 18 heavy (non-hydrogen) atoms. The maximum absolute atomic E-state index is 12.3. The van der Waals surface area contributed by atoms with Crippen LogP contribution in [0.3, 0.4) is 0 Å². The van der Waals surface area contributed by atoms with Crippen LogP contribution >= 0.6 is 0 Å². The predicted molar refractivity (Wildman–Crippen MR) is 67.8 cm³/mol. The van der Waals surface area contributed by atoms with Crippen LogP contribution in [0, 0.1) is 6.92 Å². The average molecular weight is 269 g/mol. The molecule has 6 heteroatoms. The highest BCUT2D eigenvalue weighted by atomic mass is 32.2.